The first-order valence-electron chi connectivity index (χ1n) is 8.93. The van der Waals surface area contributed by atoms with Gasteiger partial charge in [0.05, 0.1) is 31.0 Å². The first kappa shape index (κ1) is 23.5. The molecule has 0 saturated carbocycles. The number of nitrogens with one attached hydrogen (secondary N) is 1. The van der Waals surface area contributed by atoms with Crippen LogP contribution in [0.3, 0.4) is 0 Å². The smallest absolute Gasteiger partial charge is 0.475 e. The van der Waals surface area contributed by atoms with Crippen LogP contribution in [0.5, 0.6) is 0 Å². The van der Waals surface area contributed by atoms with Gasteiger partial charge in [-0.05, 0) is 29.8 Å². The van der Waals surface area contributed by atoms with Crippen molar-refractivity contribution in [3.8, 4) is 0 Å². The van der Waals surface area contributed by atoms with E-state index in [0.29, 0.717) is 24.7 Å². The van der Waals surface area contributed by atoms with Gasteiger partial charge in [-0.1, -0.05) is 35.9 Å². The normalized spacial score (nSPS) is 13.8. The molecule has 0 aromatic heterocycles. The zero-order chi connectivity index (χ0) is 22.1. The average Bonchev–Trinajstić information content (AvgIpc) is 2.69. The number of hydrogen-bond acceptors (Lipinski definition) is 4. The molecule has 0 bridgehead atoms. The van der Waals surface area contributed by atoms with Crippen LogP contribution in [0.15, 0.2) is 48.5 Å². The summed E-state index contributed by atoms with van der Waals surface area (Å²) in [7, 11) is 0. The molecule has 6 nitrogen and oxygen atoms in total. The maximum Gasteiger partial charge on any atom is 0.490 e. The van der Waals surface area contributed by atoms with Crippen molar-refractivity contribution in [2.24, 2.45) is 0 Å². The monoisotopic (exact) mass is 444 g/mol. The summed E-state index contributed by atoms with van der Waals surface area (Å²) < 4.78 is 37.1. The van der Waals surface area contributed by atoms with E-state index in [-0.39, 0.29) is 5.91 Å². The summed E-state index contributed by atoms with van der Waals surface area (Å²) in [6.45, 7) is 3.10. The molecular formula is C20H20ClF3N2O4. The quantitative estimate of drug-likeness (QED) is 0.745. The number of nitrogens with zero attached hydrogens (tertiary/aromatic N) is 1. The van der Waals surface area contributed by atoms with Gasteiger partial charge in [0.1, 0.15) is 0 Å². The highest BCUT2D eigenvalue weighted by atomic mass is 35.5. The molecular weight excluding hydrogens is 425 g/mol. The van der Waals surface area contributed by atoms with Crippen molar-refractivity contribution in [2.75, 3.05) is 36.5 Å². The molecule has 1 fully saturated rings. The van der Waals surface area contributed by atoms with Gasteiger partial charge in [0.25, 0.3) is 0 Å². The fourth-order valence-electron chi connectivity index (χ4n) is 2.69. The van der Waals surface area contributed by atoms with Crippen LogP contribution in [0.2, 0.25) is 5.02 Å². The number of carbonyl (C=O) groups excluding carboxylic acids is 1. The summed E-state index contributed by atoms with van der Waals surface area (Å²) in [6.07, 6.45) is -4.78. The van der Waals surface area contributed by atoms with E-state index >= 15 is 0 Å². The first-order chi connectivity index (χ1) is 14.2. The summed E-state index contributed by atoms with van der Waals surface area (Å²) in [6, 6.07) is 15.2. The van der Waals surface area contributed by atoms with Crippen molar-refractivity contribution < 1.29 is 32.6 Å². The Labute approximate surface area is 176 Å². The Morgan fingerprint density at radius 1 is 1.10 bits per heavy atom. The van der Waals surface area contributed by atoms with Crippen molar-refractivity contribution in [3.63, 3.8) is 0 Å². The third kappa shape index (κ3) is 7.57. The fraction of sp³-hybridized carbons (Fsp3) is 0.300. The van der Waals surface area contributed by atoms with Gasteiger partial charge >= 0.3 is 12.1 Å². The average molecular weight is 445 g/mol. The van der Waals surface area contributed by atoms with Gasteiger partial charge in [-0.2, -0.15) is 13.2 Å². The number of carbonyl (C=O) groups is 2. The van der Waals surface area contributed by atoms with Crippen LogP contribution >= 0.6 is 11.6 Å². The minimum Gasteiger partial charge on any atom is -0.475 e. The van der Waals surface area contributed by atoms with Crippen LogP contribution in [-0.4, -0.2) is 49.5 Å². The minimum atomic E-state index is -5.08. The topological polar surface area (TPSA) is 78.9 Å². The molecule has 2 N–H and O–H groups in total. The Morgan fingerprint density at radius 2 is 1.73 bits per heavy atom. The van der Waals surface area contributed by atoms with Gasteiger partial charge < -0.3 is 20.1 Å². The van der Waals surface area contributed by atoms with E-state index < -0.39 is 12.1 Å². The Morgan fingerprint density at radius 3 is 2.33 bits per heavy atom. The molecule has 1 aliphatic rings. The third-order valence-electron chi connectivity index (χ3n) is 4.03. The molecule has 0 radical (unpaired) electrons. The lowest BCUT2D eigenvalue weighted by Crippen LogP contribution is -2.36. The Balaban J connectivity index is 0.000000396. The molecule has 1 saturated heterocycles. The van der Waals surface area contributed by atoms with Crippen LogP contribution in [0.1, 0.15) is 5.56 Å². The van der Waals surface area contributed by atoms with Gasteiger partial charge in [-0.15, -0.1) is 0 Å². The predicted molar refractivity (Wildman–Crippen MR) is 107 cm³/mol. The van der Waals surface area contributed by atoms with Gasteiger partial charge in [-0.3, -0.25) is 4.79 Å². The summed E-state index contributed by atoms with van der Waals surface area (Å²) in [4.78, 5) is 23.5. The zero-order valence-electron chi connectivity index (χ0n) is 15.8. The maximum absolute atomic E-state index is 12.3. The number of carboxylic acid groups (broad SMARTS) is 1. The highest BCUT2D eigenvalue weighted by Gasteiger charge is 2.38. The van der Waals surface area contributed by atoms with Gasteiger partial charge in [0.2, 0.25) is 5.91 Å². The van der Waals surface area contributed by atoms with Crippen LogP contribution < -0.4 is 10.2 Å². The lowest BCUT2D eigenvalue weighted by molar-refractivity contribution is -0.192. The number of alkyl halides is 3. The molecule has 0 spiro atoms. The fourth-order valence-corrected chi connectivity index (χ4v) is 2.90. The predicted octanol–water partition coefficient (Wildman–Crippen LogP) is 3.99. The number of hydrogen-bond donors (Lipinski definition) is 2. The number of halogens is 4. The number of aliphatic carboxylic acids is 1. The molecule has 0 unspecified atom stereocenters. The lowest BCUT2D eigenvalue weighted by atomic mass is 10.1. The number of para-hydroxylation sites is 2. The van der Waals surface area contributed by atoms with Gasteiger partial charge in [0, 0.05) is 18.1 Å². The number of carboxylic acids is 1. The Bertz CT molecular complexity index is 871. The molecule has 0 aliphatic carbocycles. The number of ether oxygens (including phenoxy) is 1. The minimum absolute atomic E-state index is 0.0482. The number of anilines is 2. The third-order valence-corrected chi connectivity index (χ3v) is 4.26. The summed E-state index contributed by atoms with van der Waals surface area (Å²) in [5.74, 6) is -2.81. The van der Waals surface area contributed by atoms with E-state index in [2.05, 4.69) is 10.2 Å². The molecule has 2 aromatic carbocycles. The second-order valence-corrected chi connectivity index (χ2v) is 6.71. The first-order valence-corrected chi connectivity index (χ1v) is 9.30. The second-order valence-electron chi connectivity index (χ2n) is 6.27. The highest BCUT2D eigenvalue weighted by molar-refractivity contribution is 6.30. The Kier molecular flexibility index (Phi) is 8.49. The molecule has 10 heteroatoms. The zero-order valence-corrected chi connectivity index (χ0v) is 16.5. The van der Waals surface area contributed by atoms with Crippen molar-refractivity contribution in [1.82, 2.24) is 0 Å². The van der Waals surface area contributed by atoms with Crippen molar-refractivity contribution in [1.29, 1.82) is 0 Å². The summed E-state index contributed by atoms with van der Waals surface area (Å²) in [5.41, 5.74) is 2.77. The molecule has 0 atom stereocenters. The Hall–Kier alpha value is -2.78. The number of morpholine rings is 1. The van der Waals surface area contributed by atoms with E-state index in [0.717, 1.165) is 30.0 Å². The summed E-state index contributed by atoms with van der Waals surface area (Å²) >= 11 is 5.97. The summed E-state index contributed by atoms with van der Waals surface area (Å²) in [5, 5.41) is 10.8. The van der Waals surface area contributed by atoms with E-state index in [1.54, 1.807) is 6.07 Å². The van der Waals surface area contributed by atoms with E-state index in [1.807, 2.05) is 42.5 Å². The SMILES string of the molecule is O=C(Cc1cccc(Cl)c1)Nc1ccccc1N1CCOCC1.O=C(O)C(F)(F)F. The van der Waals surface area contributed by atoms with Crippen LogP contribution in [0.4, 0.5) is 24.5 Å². The van der Waals surface area contributed by atoms with Crippen LogP contribution in [0.25, 0.3) is 0 Å². The van der Waals surface area contributed by atoms with E-state index in [9.17, 15) is 18.0 Å². The maximum atomic E-state index is 12.3. The molecule has 30 heavy (non-hydrogen) atoms. The van der Waals surface area contributed by atoms with Gasteiger partial charge in [0.15, 0.2) is 0 Å². The second kappa shape index (κ2) is 10.8. The standard InChI is InChI=1S/C18H19ClN2O2.C2HF3O2/c19-15-5-3-4-14(12-15)13-18(22)20-16-6-1-2-7-17(16)21-8-10-23-11-9-21;3-2(4,5)1(6)7/h1-7,12H,8-11,13H2,(H,20,22);(H,6,7). The molecule has 1 amide bonds. The van der Waals surface area contributed by atoms with Crippen molar-refractivity contribution >= 4 is 34.9 Å². The number of benzene rings is 2. The molecule has 2 aromatic rings. The molecule has 1 heterocycles. The molecule has 3 rings (SSSR count). The van der Waals surface area contributed by atoms with Crippen molar-refractivity contribution in [2.45, 2.75) is 12.6 Å². The van der Waals surface area contributed by atoms with Gasteiger partial charge in [-0.25, -0.2) is 4.79 Å². The van der Waals surface area contributed by atoms with Crippen molar-refractivity contribution in [3.05, 3.63) is 59.1 Å². The van der Waals surface area contributed by atoms with E-state index in [4.69, 9.17) is 26.2 Å². The number of rotatable bonds is 4. The number of amides is 1. The van der Waals surface area contributed by atoms with Crippen LogP contribution in [-0.2, 0) is 20.7 Å². The lowest BCUT2D eigenvalue weighted by Gasteiger charge is -2.30. The van der Waals surface area contributed by atoms with E-state index in [1.165, 1.54) is 0 Å². The largest absolute Gasteiger partial charge is 0.490 e. The molecule has 162 valence electrons. The highest BCUT2D eigenvalue weighted by Crippen LogP contribution is 2.26. The molecule has 1 aliphatic heterocycles. The van der Waals surface area contributed by atoms with Crippen LogP contribution in [0, 0.1) is 0 Å².